The standard InChI is InChI=1S/C20H23N3O5/c1-27-18-7-5-15(6-8-18)19(22-9-11-28-12-10-22)14-21-20(24)16-3-2-4-17(13-16)23(25)26/h2-8,13,19H,9-12,14H2,1H3,(H,21,24)/t19-/m0/s1. The van der Waals surface area contributed by atoms with Gasteiger partial charge in [0.05, 0.1) is 31.3 Å². The van der Waals surface area contributed by atoms with Gasteiger partial charge in [-0.15, -0.1) is 0 Å². The zero-order valence-electron chi connectivity index (χ0n) is 15.7. The summed E-state index contributed by atoms with van der Waals surface area (Å²) in [6.45, 7) is 3.21. The predicted molar refractivity (Wildman–Crippen MR) is 104 cm³/mol. The fourth-order valence-electron chi connectivity index (χ4n) is 3.23. The number of nitro groups is 1. The van der Waals surface area contributed by atoms with Gasteiger partial charge in [0.25, 0.3) is 11.6 Å². The van der Waals surface area contributed by atoms with Crippen LogP contribution in [0, 0.1) is 10.1 Å². The topological polar surface area (TPSA) is 93.9 Å². The largest absolute Gasteiger partial charge is 0.497 e. The molecule has 0 bridgehead atoms. The first-order chi connectivity index (χ1) is 13.6. The van der Waals surface area contributed by atoms with Gasteiger partial charge in [-0.2, -0.15) is 0 Å². The van der Waals surface area contributed by atoms with Gasteiger partial charge in [-0.25, -0.2) is 0 Å². The molecule has 1 fully saturated rings. The number of ether oxygens (including phenoxy) is 2. The molecule has 0 radical (unpaired) electrons. The van der Waals surface area contributed by atoms with Crippen LogP contribution in [-0.4, -0.2) is 55.7 Å². The molecule has 2 aromatic carbocycles. The van der Waals surface area contributed by atoms with E-state index in [1.165, 1.54) is 18.2 Å². The molecule has 1 heterocycles. The summed E-state index contributed by atoms with van der Waals surface area (Å²) >= 11 is 0. The summed E-state index contributed by atoms with van der Waals surface area (Å²) in [6, 6.07) is 13.5. The van der Waals surface area contributed by atoms with E-state index < -0.39 is 4.92 Å². The number of nitrogens with zero attached hydrogens (tertiary/aromatic N) is 2. The second kappa shape index (κ2) is 9.29. The van der Waals surface area contributed by atoms with E-state index in [2.05, 4.69) is 10.2 Å². The smallest absolute Gasteiger partial charge is 0.270 e. The van der Waals surface area contributed by atoms with Crippen LogP contribution in [0.2, 0.25) is 0 Å². The molecule has 148 valence electrons. The highest BCUT2D eigenvalue weighted by molar-refractivity contribution is 5.94. The lowest BCUT2D eigenvalue weighted by Crippen LogP contribution is -2.43. The Labute approximate surface area is 163 Å². The van der Waals surface area contributed by atoms with Crippen molar-refractivity contribution in [1.29, 1.82) is 0 Å². The SMILES string of the molecule is COc1ccc([C@H](CNC(=O)c2cccc([N+](=O)[O-])c2)N2CCOCC2)cc1. The number of nitro benzene ring substituents is 1. The zero-order chi connectivity index (χ0) is 19.9. The third-order valence-corrected chi connectivity index (χ3v) is 4.76. The van der Waals surface area contributed by atoms with E-state index in [-0.39, 0.29) is 23.2 Å². The maximum atomic E-state index is 12.5. The number of amides is 1. The van der Waals surface area contributed by atoms with Crippen molar-refractivity contribution in [2.24, 2.45) is 0 Å². The Kier molecular flexibility index (Phi) is 6.57. The normalized spacial score (nSPS) is 15.6. The molecule has 28 heavy (non-hydrogen) atoms. The summed E-state index contributed by atoms with van der Waals surface area (Å²) < 4.78 is 10.7. The number of carbonyl (C=O) groups is 1. The molecule has 1 saturated heterocycles. The van der Waals surface area contributed by atoms with Crippen LogP contribution < -0.4 is 10.1 Å². The fraction of sp³-hybridized carbons (Fsp3) is 0.350. The Morgan fingerprint density at radius 3 is 2.61 bits per heavy atom. The number of hydrogen-bond donors (Lipinski definition) is 1. The summed E-state index contributed by atoms with van der Waals surface area (Å²) in [6.07, 6.45) is 0. The molecule has 0 unspecified atom stereocenters. The van der Waals surface area contributed by atoms with Crippen molar-refractivity contribution in [1.82, 2.24) is 10.2 Å². The number of non-ortho nitro benzene ring substituents is 1. The molecule has 0 aromatic heterocycles. The number of morpholine rings is 1. The molecule has 0 spiro atoms. The van der Waals surface area contributed by atoms with E-state index in [0.29, 0.717) is 19.8 Å². The third-order valence-electron chi connectivity index (χ3n) is 4.76. The summed E-state index contributed by atoms with van der Waals surface area (Å²) in [7, 11) is 1.62. The molecule has 1 aliphatic heterocycles. The van der Waals surface area contributed by atoms with Gasteiger partial charge in [0.1, 0.15) is 5.75 Å². The molecule has 2 aromatic rings. The van der Waals surface area contributed by atoms with Gasteiger partial charge in [0, 0.05) is 37.3 Å². The van der Waals surface area contributed by atoms with Crippen molar-refractivity contribution < 1.29 is 19.2 Å². The maximum Gasteiger partial charge on any atom is 0.270 e. The first kappa shape index (κ1) is 19.8. The monoisotopic (exact) mass is 385 g/mol. The van der Waals surface area contributed by atoms with Crippen LogP contribution >= 0.6 is 0 Å². The van der Waals surface area contributed by atoms with Crippen LogP contribution in [0.15, 0.2) is 48.5 Å². The first-order valence-corrected chi connectivity index (χ1v) is 9.07. The minimum atomic E-state index is -0.509. The van der Waals surface area contributed by atoms with E-state index in [0.717, 1.165) is 24.4 Å². The summed E-state index contributed by atoms with van der Waals surface area (Å²) in [5.74, 6) is 0.431. The van der Waals surface area contributed by atoms with E-state index in [1.54, 1.807) is 13.2 Å². The van der Waals surface area contributed by atoms with Crippen LogP contribution in [0.3, 0.4) is 0 Å². The van der Waals surface area contributed by atoms with Crippen molar-refractivity contribution in [2.45, 2.75) is 6.04 Å². The molecule has 8 nitrogen and oxygen atoms in total. The highest BCUT2D eigenvalue weighted by Gasteiger charge is 2.23. The van der Waals surface area contributed by atoms with Crippen molar-refractivity contribution >= 4 is 11.6 Å². The Morgan fingerprint density at radius 1 is 1.25 bits per heavy atom. The van der Waals surface area contributed by atoms with Crippen LogP contribution in [-0.2, 0) is 4.74 Å². The van der Waals surface area contributed by atoms with E-state index in [9.17, 15) is 14.9 Å². The average molecular weight is 385 g/mol. The van der Waals surface area contributed by atoms with E-state index in [1.807, 2.05) is 24.3 Å². The van der Waals surface area contributed by atoms with Crippen LogP contribution in [0.4, 0.5) is 5.69 Å². The number of rotatable bonds is 7. The molecule has 1 aliphatic rings. The maximum absolute atomic E-state index is 12.5. The minimum absolute atomic E-state index is 0.0301. The number of hydrogen-bond acceptors (Lipinski definition) is 6. The summed E-state index contributed by atoms with van der Waals surface area (Å²) in [5.41, 5.74) is 1.22. The molecule has 3 rings (SSSR count). The second-order valence-electron chi connectivity index (χ2n) is 6.45. The minimum Gasteiger partial charge on any atom is -0.497 e. The third kappa shape index (κ3) is 4.85. The van der Waals surface area contributed by atoms with Crippen LogP contribution in [0.5, 0.6) is 5.75 Å². The predicted octanol–water partition coefficient (Wildman–Crippen LogP) is 2.41. The lowest BCUT2D eigenvalue weighted by atomic mass is 10.0. The van der Waals surface area contributed by atoms with Crippen molar-refractivity contribution in [3.63, 3.8) is 0 Å². The van der Waals surface area contributed by atoms with Gasteiger partial charge in [-0.3, -0.25) is 19.8 Å². The molecule has 0 saturated carbocycles. The molecule has 0 aliphatic carbocycles. The highest BCUT2D eigenvalue weighted by atomic mass is 16.6. The second-order valence-corrected chi connectivity index (χ2v) is 6.45. The molecular formula is C20H23N3O5. The lowest BCUT2D eigenvalue weighted by Gasteiger charge is -2.35. The van der Waals surface area contributed by atoms with Gasteiger partial charge in [-0.05, 0) is 23.8 Å². The Hall–Kier alpha value is -2.97. The van der Waals surface area contributed by atoms with Crippen molar-refractivity contribution in [3.05, 3.63) is 69.8 Å². The van der Waals surface area contributed by atoms with Crippen LogP contribution in [0.1, 0.15) is 22.0 Å². The number of methoxy groups -OCH3 is 1. The zero-order valence-corrected chi connectivity index (χ0v) is 15.7. The molecule has 1 amide bonds. The highest BCUT2D eigenvalue weighted by Crippen LogP contribution is 2.24. The Morgan fingerprint density at radius 2 is 1.96 bits per heavy atom. The Balaban J connectivity index is 1.74. The fourth-order valence-corrected chi connectivity index (χ4v) is 3.23. The lowest BCUT2D eigenvalue weighted by molar-refractivity contribution is -0.384. The van der Waals surface area contributed by atoms with E-state index >= 15 is 0 Å². The van der Waals surface area contributed by atoms with E-state index in [4.69, 9.17) is 9.47 Å². The van der Waals surface area contributed by atoms with Gasteiger partial charge < -0.3 is 14.8 Å². The molecule has 1 N–H and O–H groups in total. The summed E-state index contributed by atoms with van der Waals surface area (Å²) in [4.78, 5) is 25.2. The number of nitrogens with one attached hydrogen (secondary N) is 1. The quantitative estimate of drug-likeness (QED) is 0.581. The van der Waals surface area contributed by atoms with Crippen LogP contribution in [0.25, 0.3) is 0 Å². The van der Waals surface area contributed by atoms with Crippen molar-refractivity contribution in [2.75, 3.05) is 40.0 Å². The van der Waals surface area contributed by atoms with Crippen molar-refractivity contribution in [3.8, 4) is 5.75 Å². The average Bonchev–Trinajstić information content (AvgIpc) is 2.75. The molecule has 1 atom stereocenters. The van der Waals surface area contributed by atoms with Gasteiger partial charge >= 0.3 is 0 Å². The molecule has 8 heteroatoms. The number of carbonyl (C=O) groups excluding carboxylic acids is 1. The first-order valence-electron chi connectivity index (χ1n) is 9.07. The Bertz CT molecular complexity index is 819. The number of benzene rings is 2. The van der Waals surface area contributed by atoms with Gasteiger partial charge in [-0.1, -0.05) is 18.2 Å². The summed E-state index contributed by atoms with van der Waals surface area (Å²) in [5, 5.41) is 13.8. The van der Waals surface area contributed by atoms with Gasteiger partial charge in [0.2, 0.25) is 0 Å². The van der Waals surface area contributed by atoms with Gasteiger partial charge in [0.15, 0.2) is 0 Å². The molecular weight excluding hydrogens is 362 g/mol.